The number of piperidine rings is 1. The van der Waals surface area contributed by atoms with Crippen LogP contribution in [0.5, 0.6) is 0 Å². The number of primary amides is 1. The lowest BCUT2D eigenvalue weighted by Crippen LogP contribution is -2.38. The molecule has 2 fully saturated rings. The molecule has 4 N–H and O–H groups in total. The molecule has 10 nitrogen and oxygen atoms in total. The third-order valence-corrected chi connectivity index (χ3v) is 7.48. The maximum atomic E-state index is 12.1. The maximum Gasteiger partial charge on any atom is 0.407 e. The van der Waals surface area contributed by atoms with Crippen LogP contribution >= 0.6 is 11.6 Å². The van der Waals surface area contributed by atoms with Crippen molar-refractivity contribution >= 4 is 35.2 Å². The molecule has 1 aliphatic heterocycles. The lowest BCUT2D eigenvalue weighted by molar-refractivity contribution is -0.120. The molecule has 0 atom stereocenters. The van der Waals surface area contributed by atoms with Gasteiger partial charge in [-0.3, -0.25) is 9.48 Å². The highest BCUT2D eigenvalue weighted by Crippen LogP contribution is 2.49. The van der Waals surface area contributed by atoms with Gasteiger partial charge in [0.2, 0.25) is 11.9 Å². The number of carbonyl (C=O) groups is 2. The van der Waals surface area contributed by atoms with Crippen molar-refractivity contribution in [2.45, 2.75) is 50.0 Å². The zero-order valence-corrected chi connectivity index (χ0v) is 20.5. The fraction of sp³-hybridized carbons (Fsp3) is 0.400. The molecule has 1 aromatic carbocycles. The van der Waals surface area contributed by atoms with Crippen molar-refractivity contribution in [3.05, 3.63) is 64.7 Å². The minimum atomic E-state index is -0.879. The van der Waals surface area contributed by atoms with Crippen molar-refractivity contribution in [1.29, 1.82) is 0 Å². The zero-order valence-electron chi connectivity index (χ0n) is 19.7. The Kier molecular flexibility index (Phi) is 6.53. The van der Waals surface area contributed by atoms with E-state index >= 15 is 0 Å². The molecule has 2 aromatic heterocycles. The molecule has 0 unspecified atom stereocenters. The minimum absolute atomic E-state index is 0.146. The molecule has 0 radical (unpaired) electrons. The van der Waals surface area contributed by atoms with E-state index in [1.54, 1.807) is 12.4 Å². The van der Waals surface area contributed by atoms with Gasteiger partial charge in [0.25, 0.3) is 0 Å². The summed E-state index contributed by atoms with van der Waals surface area (Å²) < 4.78 is 1.86. The highest BCUT2D eigenvalue weighted by molar-refractivity contribution is 6.31. The van der Waals surface area contributed by atoms with Crippen LogP contribution in [0, 0.1) is 0 Å². The molecule has 11 heteroatoms. The molecule has 1 saturated heterocycles. The van der Waals surface area contributed by atoms with E-state index in [-0.39, 0.29) is 11.9 Å². The van der Waals surface area contributed by atoms with E-state index in [2.05, 4.69) is 20.4 Å². The molecule has 2 amide bonds. The van der Waals surface area contributed by atoms with Crippen molar-refractivity contribution in [2.24, 2.45) is 5.73 Å². The third kappa shape index (κ3) is 4.86. The van der Waals surface area contributed by atoms with Crippen molar-refractivity contribution < 1.29 is 14.7 Å². The number of carbonyl (C=O) groups excluding carboxylic acids is 1. The predicted octanol–water partition coefficient (Wildman–Crippen LogP) is 3.69. The lowest BCUT2D eigenvalue weighted by atomic mass is 9.88. The highest BCUT2D eigenvalue weighted by atomic mass is 35.5. The van der Waals surface area contributed by atoms with Gasteiger partial charge in [0.15, 0.2) is 0 Å². The zero-order chi connectivity index (χ0) is 25.3. The van der Waals surface area contributed by atoms with Crippen LogP contribution in [0.4, 0.5) is 16.4 Å². The Morgan fingerprint density at radius 3 is 2.61 bits per heavy atom. The molecule has 1 aliphatic carbocycles. The summed E-state index contributed by atoms with van der Waals surface area (Å²) in [5.41, 5.74) is 8.70. The van der Waals surface area contributed by atoms with E-state index in [9.17, 15) is 9.59 Å². The molecule has 3 heterocycles. The van der Waals surface area contributed by atoms with Gasteiger partial charge in [-0.05, 0) is 49.7 Å². The number of amides is 2. The number of aromatic nitrogens is 4. The number of nitrogens with one attached hydrogen (secondary N) is 1. The highest BCUT2D eigenvalue weighted by Gasteiger charge is 2.50. The first-order chi connectivity index (χ1) is 17.4. The number of likely N-dealkylation sites (tertiary alicyclic amines) is 1. The molecule has 5 rings (SSSR count). The second-order valence-corrected chi connectivity index (χ2v) is 9.83. The molecule has 36 heavy (non-hydrogen) atoms. The molecule has 0 bridgehead atoms. The standard InChI is InChI=1S/C25H28ClN7O3/c26-20-14-28-23(30-17-13-29-33(15-17)18-7-11-32(12-8-18)24(35)36)31-21(20)6-5-16-3-1-2-4-19(16)25(9-10-25)22(27)34/h1-4,13-15,18H,5-12H2,(H2,27,34)(H,35,36)(H,28,30,31). The average molecular weight is 510 g/mol. The third-order valence-electron chi connectivity index (χ3n) is 7.17. The van der Waals surface area contributed by atoms with E-state index in [1.807, 2.05) is 35.1 Å². The SMILES string of the molecule is NC(=O)C1(c2ccccc2CCc2nc(Nc3cnn(C4CCN(C(=O)O)CC4)c3)ncc2Cl)CC1. The summed E-state index contributed by atoms with van der Waals surface area (Å²) >= 11 is 6.41. The quantitative estimate of drug-likeness (QED) is 0.420. The van der Waals surface area contributed by atoms with Gasteiger partial charge in [-0.25, -0.2) is 14.8 Å². The Hall–Kier alpha value is -3.66. The van der Waals surface area contributed by atoms with E-state index in [4.69, 9.17) is 22.4 Å². The number of benzene rings is 1. The van der Waals surface area contributed by atoms with E-state index in [1.165, 1.54) is 4.90 Å². The smallest absolute Gasteiger partial charge is 0.407 e. The van der Waals surface area contributed by atoms with Gasteiger partial charge >= 0.3 is 6.09 Å². The van der Waals surface area contributed by atoms with Crippen LogP contribution in [0.25, 0.3) is 0 Å². The Balaban J connectivity index is 1.25. The van der Waals surface area contributed by atoms with Crippen LogP contribution in [-0.2, 0) is 23.1 Å². The lowest BCUT2D eigenvalue weighted by Gasteiger charge is -2.29. The summed E-state index contributed by atoms with van der Waals surface area (Å²) in [6.45, 7) is 0.992. The van der Waals surface area contributed by atoms with Crippen LogP contribution in [0.3, 0.4) is 0 Å². The van der Waals surface area contributed by atoms with Gasteiger partial charge in [-0.2, -0.15) is 5.10 Å². The van der Waals surface area contributed by atoms with Crippen molar-refractivity contribution in [1.82, 2.24) is 24.6 Å². The monoisotopic (exact) mass is 509 g/mol. The van der Waals surface area contributed by atoms with Crippen molar-refractivity contribution in [3.8, 4) is 0 Å². The van der Waals surface area contributed by atoms with Crippen LogP contribution in [-0.4, -0.2) is 54.8 Å². The first kappa shape index (κ1) is 24.1. The number of nitrogens with zero attached hydrogens (tertiary/aromatic N) is 5. The Morgan fingerprint density at radius 2 is 1.92 bits per heavy atom. The molecule has 3 aromatic rings. The fourth-order valence-corrected chi connectivity index (χ4v) is 5.11. The summed E-state index contributed by atoms with van der Waals surface area (Å²) in [5.74, 6) is 0.147. The summed E-state index contributed by atoms with van der Waals surface area (Å²) in [6.07, 6.45) is 8.55. The van der Waals surface area contributed by atoms with Gasteiger partial charge in [0, 0.05) is 19.3 Å². The average Bonchev–Trinajstić information content (AvgIpc) is 3.57. The van der Waals surface area contributed by atoms with Crippen LogP contribution < -0.4 is 11.1 Å². The summed E-state index contributed by atoms with van der Waals surface area (Å²) in [6, 6.07) is 8.07. The second-order valence-electron chi connectivity index (χ2n) is 9.43. The van der Waals surface area contributed by atoms with E-state index in [0.717, 1.165) is 29.7 Å². The van der Waals surface area contributed by atoms with Crippen LogP contribution in [0.15, 0.2) is 42.9 Å². The molecule has 0 spiro atoms. The number of halogens is 1. The molecule has 188 valence electrons. The number of nitrogens with two attached hydrogens (primary N) is 1. The normalized spacial score (nSPS) is 17.1. The first-order valence-electron chi connectivity index (χ1n) is 12.0. The Morgan fingerprint density at radius 1 is 1.17 bits per heavy atom. The molecule has 1 saturated carbocycles. The Bertz CT molecular complexity index is 1280. The fourth-order valence-electron chi connectivity index (χ4n) is 4.92. The maximum absolute atomic E-state index is 12.1. The largest absolute Gasteiger partial charge is 0.465 e. The second kappa shape index (κ2) is 9.77. The van der Waals surface area contributed by atoms with Crippen LogP contribution in [0.2, 0.25) is 5.02 Å². The van der Waals surface area contributed by atoms with Gasteiger partial charge < -0.3 is 21.1 Å². The van der Waals surface area contributed by atoms with Crippen molar-refractivity contribution in [3.63, 3.8) is 0 Å². The topological polar surface area (TPSA) is 139 Å². The molecular formula is C25H28ClN7O3. The summed E-state index contributed by atoms with van der Waals surface area (Å²) in [4.78, 5) is 33.5. The molecular weight excluding hydrogens is 482 g/mol. The van der Waals surface area contributed by atoms with E-state index < -0.39 is 11.5 Å². The van der Waals surface area contributed by atoms with Crippen LogP contribution in [0.1, 0.15) is 48.5 Å². The molecule has 2 aliphatic rings. The number of hydrogen-bond acceptors (Lipinski definition) is 6. The van der Waals surface area contributed by atoms with Gasteiger partial charge in [0.05, 0.1) is 40.3 Å². The first-order valence-corrected chi connectivity index (χ1v) is 12.4. The number of aryl methyl sites for hydroxylation is 2. The van der Waals surface area contributed by atoms with E-state index in [0.29, 0.717) is 55.4 Å². The predicted molar refractivity (Wildman–Crippen MR) is 134 cm³/mol. The Labute approximate surface area is 213 Å². The van der Waals surface area contributed by atoms with Gasteiger partial charge in [-0.1, -0.05) is 35.9 Å². The summed E-state index contributed by atoms with van der Waals surface area (Å²) in [5, 5.41) is 17.2. The van der Waals surface area contributed by atoms with Crippen molar-refractivity contribution in [2.75, 3.05) is 18.4 Å². The number of carboxylic acid groups (broad SMARTS) is 1. The van der Waals surface area contributed by atoms with Gasteiger partial charge in [0.1, 0.15) is 0 Å². The number of hydrogen-bond donors (Lipinski definition) is 3. The number of rotatable bonds is 8. The minimum Gasteiger partial charge on any atom is -0.465 e. The summed E-state index contributed by atoms with van der Waals surface area (Å²) in [7, 11) is 0. The van der Waals surface area contributed by atoms with Gasteiger partial charge in [-0.15, -0.1) is 0 Å². The number of anilines is 2.